The van der Waals surface area contributed by atoms with E-state index in [4.69, 9.17) is 4.98 Å². The van der Waals surface area contributed by atoms with Gasteiger partial charge in [0, 0.05) is 22.5 Å². The number of carbonyl (C=O) groups excluding carboxylic acids is 1. The molecule has 1 aromatic carbocycles. The summed E-state index contributed by atoms with van der Waals surface area (Å²) in [6.45, 7) is 6.12. The minimum atomic E-state index is -0.445. The summed E-state index contributed by atoms with van der Waals surface area (Å²) >= 11 is 0. The van der Waals surface area contributed by atoms with Crippen LogP contribution in [0.1, 0.15) is 52.9 Å². The van der Waals surface area contributed by atoms with Crippen LogP contribution in [0, 0.1) is 13.8 Å². The molecule has 5 rings (SSSR count). The third kappa shape index (κ3) is 3.80. The highest BCUT2D eigenvalue weighted by Crippen LogP contribution is 2.35. The number of fused-ring (bicyclic) bond motifs is 1. The predicted molar refractivity (Wildman–Crippen MR) is 127 cm³/mol. The average molecular weight is 429 g/mol. The van der Waals surface area contributed by atoms with Crippen molar-refractivity contribution in [3.63, 3.8) is 0 Å². The van der Waals surface area contributed by atoms with Crippen LogP contribution in [0.3, 0.4) is 0 Å². The van der Waals surface area contributed by atoms with E-state index in [9.17, 15) is 4.79 Å². The molecule has 0 saturated carbocycles. The quantitative estimate of drug-likeness (QED) is 0.457. The summed E-state index contributed by atoms with van der Waals surface area (Å²) in [5, 5.41) is 17.4. The Bertz CT molecular complexity index is 1140. The molecule has 2 aromatic heterocycles. The van der Waals surface area contributed by atoms with Gasteiger partial charge in [0.15, 0.2) is 0 Å². The Balaban J connectivity index is 1.53. The summed E-state index contributed by atoms with van der Waals surface area (Å²) in [6, 6.07) is 10.2. The molecule has 7 heteroatoms. The number of pyridine rings is 1. The predicted octanol–water partition coefficient (Wildman–Crippen LogP) is 4.11. The Morgan fingerprint density at radius 3 is 2.59 bits per heavy atom. The Kier molecular flexibility index (Phi) is 5.49. The van der Waals surface area contributed by atoms with E-state index in [1.165, 1.54) is 18.4 Å². The number of hydrogen-bond acceptors (Lipinski definition) is 6. The van der Waals surface area contributed by atoms with Gasteiger partial charge in [-0.05, 0) is 87.3 Å². The highest BCUT2D eigenvalue weighted by molar-refractivity contribution is 5.80. The van der Waals surface area contributed by atoms with E-state index in [1.54, 1.807) is 0 Å². The van der Waals surface area contributed by atoms with Crippen LogP contribution in [-0.2, 0) is 4.79 Å². The average Bonchev–Trinajstić information content (AvgIpc) is 3.17. The zero-order chi connectivity index (χ0) is 22.1. The second kappa shape index (κ2) is 8.59. The van der Waals surface area contributed by atoms with E-state index in [1.807, 2.05) is 32.2 Å². The van der Waals surface area contributed by atoms with Crippen LogP contribution in [0.25, 0.3) is 17.3 Å². The van der Waals surface area contributed by atoms with Crippen molar-refractivity contribution in [2.45, 2.75) is 38.6 Å². The van der Waals surface area contributed by atoms with Crippen LogP contribution in [0.15, 0.2) is 36.5 Å². The normalized spacial score (nSPS) is 18.1. The van der Waals surface area contributed by atoms with Crippen LogP contribution in [0.4, 0.5) is 11.5 Å². The van der Waals surface area contributed by atoms with E-state index >= 15 is 0 Å². The molecule has 3 aromatic rings. The van der Waals surface area contributed by atoms with Gasteiger partial charge in [0.1, 0.15) is 18.1 Å². The molecular formula is C25H28N6O. The highest BCUT2D eigenvalue weighted by Gasteiger charge is 2.24. The molecule has 0 aliphatic carbocycles. The molecule has 0 amide bonds. The molecule has 0 spiro atoms. The number of piperidine rings is 1. The number of aromatic nitrogens is 3. The van der Waals surface area contributed by atoms with Gasteiger partial charge < -0.3 is 20.7 Å². The SMILES string of the molecule is Cc1n[nH]c(C)c1-c1cc2c(c(Nc3ccc(C4CCNCC4)cc3)n1)C(C=O)NC=C2. The minimum Gasteiger partial charge on any atom is -0.378 e. The molecule has 4 N–H and O–H groups in total. The molecule has 1 fully saturated rings. The molecule has 1 atom stereocenters. The number of aromatic amines is 1. The van der Waals surface area contributed by atoms with Crippen molar-refractivity contribution in [2.75, 3.05) is 18.4 Å². The zero-order valence-corrected chi connectivity index (χ0v) is 18.4. The van der Waals surface area contributed by atoms with Crippen LogP contribution in [0.5, 0.6) is 0 Å². The lowest BCUT2D eigenvalue weighted by Crippen LogP contribution is -2.26. The third-order valence-corrected chi connectivity index (χ3v) is 6.44. The van der Waals surface area contributed by atoms with Crippen LogP contribution in [-0.4, -0.2) is 34.6 Å². The summed E-state index contributed by atoms with van der Waals surface area (Å²) in [4.78, 5) is 16.7. The molecule has 4 heterocycles. The Hall–Kier alpha value is -3.45. The van der Waals surface area contributed by atoms with Crippen molar-refractivity contribution in [1.29, 1.82) is 0 Å². The van der Waals surface area contributed by atoms with Crippen molar-refractivity contribution in [2.24, 2.45) is 0 Å². The summed E-state index contributed by atoms with van der Waals surface area (Å²) in [7, 11) is 0. The molecule has 7 nitrogen and oxygen atoms in total. The van der Waals surface area contributed by atoms with Gasteiger partial charge in [-0.1, -0.05) is 12.1 Å². The van der Waals surface area contributed by atoms with Gasteiger partial charge in [0.2, 0.25) is 0 Å². The molecule has 1 unspecified atom stereocenters. The molecular weight excluding hydrogens is 400 g/mol. The van der Waals surface area contributed by atoms with Gasteiger partial charge >= 0.3 is 0 Å². The molecule has 0 radical (unpaired) electrons. The fourth-order valence-corrected chi connectivity index (χ4v) is 4.75. The van der Waals surface area contributed by atoms with E-state index in [2.05, 4.69) is 50.4 Å². The van der Waals surface area contributed by atoms with Gasteiger partial charge in [-0.3, -0.25) is 5.10 Å². The van der Waals surface area contributed by atoms with E-state index in [0.717, 1.165) is 58.8 Å². The van der Waals surface area contributed by atoms with Gasteiger partial charge in [0.25, 0.3) is 0 Å². The second-order valence-corrected chi connectivity index (χ2v) is 8.55. The number of H-pyrrole nitrogens is 1. The summed E-state index contributed by atoms with van der Waals surface area (Å²) in [5.74, 6) is 1.29. The van der Waals surface area contributed by atoms with Gasteiger partial charge in [-0.2, -0.15) is 5.10 Å². The van der Waals surface area contributed by atoms with E-state index in [-0.39, 0.29) is 0 Å². The number of rotatable bonds is 5. The largest absolute Gasteiger partial charge is 0.378 e. The number of hydrogen-bond donors (Lipinski definition) is 4. The summed E-state index contributed by atoms with van der Waals surface area (Å²) in [6.07, 6.45) is 7.07. The van der Waals surface area contributed by atoms with E-state index < -0.39 is 6.04 Å². The molecule has 164 valence electrons. The lowest BCUT2D eigenvalue weighted by atomic mass is 9.90. The first-order valence-electron chi connectivity index (χ1n) is 11.2. The van der Waals surface area contributed by atoms with Gasteiger partial charge in [-0.25, -0.2) is 4.98 Å². The van der Waals surface area contributed by atoms with Crippen molar-refractivity contribution in [3.05, 3.63) is 64.6 Å². The number of anilines is 2. The molecule has 32 heavy (non-hydrogen) atoms. The Morgan fingerprint density at radius 1 is 1.12 bits per heavy atom. The Morgan fingerprint density at radius 2 is 1.91 bits per heavy atom. The maximum Gasteiger partial charge on any atom is 0.146 e. The fraction of sp³-hybridized carbons (Fsp3) is 0.320. The summed E-state index contributed by atoms with van der Waals surface area (Å²) < 4.78 is 0. The standard InChI is InChI=1S/C25H28N6O/c1-15-23(16(2)31-30-15)21-13-19-9-12-27-22(14-32)24(19)25(29-21)28-20-5-3-17(4-6-20)18-7-10-26-11-8-18/h3-6,9,12-14,18,22,26-27H,7-8,10-11H2,1-2H3,(H,28,29)(H,30,31). The lowest BCUT2D eigenvalue weighted by Gasteiger charge is -2.24. The molecule has 2 aliphatic heterocycles. The molecule has 2 aliphatic rings. The fourth-order valence-electron chi connectivity index (χ4n) is 4.75. The number of benzene rings is 1. The first-order valence-corrected chi connectivity index (χ1v) is 11.2. The van der Waals surface area contributed by atoms with E-state index in [0.29, 0.717) is 11.7 Å². The molecule has 0 bridgehead atoms. The maximum absolute atomic E-state index is 11.8. The van der Waals surface area contributed by atoms with Crippen molar-refractivity contribution >= 4 is 23.9 Å². The van der Waals surface area contributed by atoms with Gasteiger partial charge in [0.05, 0.1) is 11.4 Å². The van der Waals surface area contributed by atoms with Crippen molar-refractivity contribution in [3.8, 4) is 11.3 Å². The van der Waals surface area contributed by atoms with Crippen LogP contribution in [0.2, 0.25) is 0 Å². The van der Waals surface area contributed by atoms with Crippen LogP contribution >= 0.6 is 0 Å². The smallest absolute Gasteiger partial charge is 0.146 e. The monoisotopic (exact) mass is 428 g/mol. The zero-order valence-electron chi connectivity index (χ0n) is 18.4. The molecule has 1 saturated heterocycles. The first-order chi connectivity index (χ1) is 15.6. The number of nitrogens with one attached hydrogen (secondary N) is 4. The van der Waals surface area contributed by atoms with Crippen LogP contribution < -0.4 is 16.0 Å². The maximum atomic E-state index is 11.8. The first kappa shape index (κ1) is 20.5. The number of aryl methyl sites for hydroxylation is 2. The lowest BCUT2D eigenvalue weighted by molar-refractivity contribution is -0.109. The minimum absolute atomic E-state index is 0.445. The second-order valence-electron chi connectivity index (χ2n) is 8.55. The topological polar surface area (TPSA) is 94.7 Å². The number of nitrogens with zero attached hydrogens (tertiary/aromatic N) is 2. The highest BCUT2D eigenvalue weighted by atomic mass is 16.1. The number of aldehydes is 1. The Labute approximate surface area is 187 Å². The van der Waals surface area contributed by atoms with Gasteiger partial charge in [-0.15, -0.1) is 0 Å². The third-order valence-electron chi connectivity index (χ3n) is 6.44. The van der Waals surface area contributed by atoms with Crippen molar-refractivity contribution < 1.29 is 4.79 Å². The van der Waals surface area contributed by atoms with Crippen molar-refractivity contribution in [1.82, 2.24) is 25.8 Å². The number of carbonyl (C=O) groups is 1. The summed E-state index contributed by atoms with van der Waals surface area (Å²) in [5.41, 5.74) is 7.85.